The van der Waals surface area contributed by atoms with Gasteiger partial charge in [0.15, 0.2) is 0 Å². The molecule has 0 saturated heterocycles. The van der Waals surface area contributed by atoms with Crippen LogP contribution >= 0.6 is 46.4 Å². The number of carbonyl (C=O) groups is 2. The number of hydrogen-bond acceptors (Lipinski definition) is 4. The van der Waals surface area contributed by atoms with Gasteiger partial charge in [0.2, 0.25) is 11.8 Å². The third-order valence-corrected chi connectivity index (χ3v) is 10.3. The SMILES string of the molecule is CC[C@@H](C)NC(=O)[C@@H](Cc1ccccc1)N(Cc1ccc(Cl)c(Cl)c1)C(=O)CN(c1cc(Cl)cc(Cl)c1)S(=O)(=O)c1ccccc1. The lowest BCUT2D eigenvalue weighted by molar-refractivity contribution is -0.140. The maximum atomic E-state index is 14.5. The summed E-state index contributed by atoms with van der Waals surface area (Å²) in [6.07, 6.45) is 0.841. The second-order valence-corrected chi connectivity index (χ2v) is 14.3. The Kier molecular flexibility index (Phi) is 12.4. The van der Waals surface area contributed by atoms with Crippen molar-refractivity contribution in [2.75, 3.05) is 10.8 Å². The van der Waals surface area contributed by atoms with Crippen molar-refractivity contribution in [3.8, 4) is 0 Å². The van der Waals surface area contributed by atoms with E-state index in [2.05, 4.69) is 5.32 Å². The highest BCUT2D eigenvalue weighted by Gasteiger charge is 2.35. The van der Waals surface area contributed by atoms with E-state index in [9.17, 15) is 18.0 Å². The van der Waals surface area contributed by atoms with Crippen LogP contribution in [0.4, 0.5) is 5.69 Å². The lowest BCUT2D eigenvalue weighted by Crippen LogP contribution is -2.54. The number of benzene rings is 4. The highest BCUT2D eigenvalue weighted by atomic mass is 35.5. The van der Waals surface area contributed by atoms with Gasteiger partial charge in [-0.05, 0) is 66.9 Å². The van der Waals surface area contributed by atoms with Gasteiger partial charge < -0.3 is 10.2 Å². The first-order chi connectivity index (χ1) is 21.9. The molecule has 4 rings (SSSR count). The van der Waals surface area contributed by atoms with Gasteiger partial charge in [-0.25, -0.2) is 8.42 Å². The number of halogens is 4. The Morgan fingerprint density at radius 2 is 1.39 bits per heavy atom. The Labute approximate surface area is 290 Å². The molecule has 0 unspecified atom stereocenters. The van der Waals surface area contributed by atoms with E-state index in [1.54, 1.807) is 36.4 Å². The molecule has 0 aromatic heterocycles. The minimum Gasteiger partial charge on any atom is -0.352 e. The van der Waals surface area contributed by atoms with Gasteiger partial charge in [0.1, 0.15) is 12.6 Å². The topological polar surface area (TPSA) is 86.8 Å². The molecule has 0 aliphatic heterocycles. The average molecular weight is 722 g/mol. The Hall–Kier alpha value is -3.27. The molecule has 0 radical (unpaired) electrons. The standard InChI is InChI=1S/C34H33Cl4N3O4S/c1-3-23(2)39-34(43)32(17-24-10-6-4-7-11-24)40(21-25-14-15-30(37)31(38)16-25)33(42)22-41(28-19-26(35)18-27(36)20-28)46(44,45)29-12-8-5-9-13-29/h4-16,18-20,23,32H,3,17,21-22H2,1-2H3,(H,39,43)/t23-,32-/m1/s1. The minimum atomic E-state index is -4.30. The van der Waals surface area contributed by atoms with Crippen LogP contribution in [0.1, 0.15) is 31.4 Å². The van der Waals surface area contributed by atoms with Gasteiger partial charge in [0, 0.05) is 29.1 Å². The Bertz CT molecular complexity index is 1760. The summed E-state index contributed by atoms with van der Waals surface area (Å²) in [4.78, 5) is 29.8. The van der Waals surface area contributed by atoms with Gasteiger partial charge >= 0.3 is 0 Å². The number of amides is 2. The van der Waals surface area contributed by atoms with Crippen molar-refractivity contribution < 1.29 is 18.0 Å². The summed E-state index contributed by atoms with van der Waals surface area (Å²) in [6, 6.07) is 25.1. The molecule has 7 nitrogen and oxygen atoms in total. The van der Waals surface area contributed by atoms with E-state index in [1.165, 1.54) is 35.2 Å². The summed E-state index contributed by atoms with van der Waals surface area (Å²) in [5.41, 5.74) is 1.50. The number of rotatable bonds is 13. The average Bonchev–Trinajstić information content (AvgIpc) is 3.03. The summed E-state index contributed by atoms with van der Waals surface area (Å²) in [7, 11) is -4.30. The smallest absolute Gasteiger partial charge is 0.264 e. The van der Waals surface area contributed by atoms with Crippen molar-refractivity contribution in [3.63, 3.8) is 0 Å². The minimum absolute atomic E-state index is 0.0368. The molecule has 46 heavy (non-hydrogen) atoms. The molecule has 0 spiro atoms. The van der Waals surface area contributed by atoms with Crippen LogP contribution in [0.5, 0.6) is 0 Å². The molecule has 0 aliphatic carbocycles. The molecule has 0 heterocycles. The summed E-state index contributed by atoms with van der Waals surface area (Å²) in [5, 5.41) is 3.98. The van der Waals surface area contributed by atoms with E-state index in [0.717, 1.165) is 9.87 Å². The molecular formula is C34H33Cl4N3O4S. The number of sulfonamides is 1. The van der Waals surface area contributed by atoms with Crippen LogP contribution in [0.15, 0.2) is 102 Å². The van der Waals surface area contributed by atoms with Crippen molar-refractivity contribution in [2.45, 2.75) is 50.2 Å². The molecule has 0 aliphatic rings. The second-order valence-electron chi connectivity index (χ2n) is 10.7. The molecule has 4 aromatic carbocycles. The number of carbonyl (C=O) groups excluding carboxylic acids is 2. The van der Waals surface area contributed by atoms with E-state index in [0.29, 0.717) is 17.0 Å². The fraction of sp³-hybridized carbons (Fsp3) is 0.235. The Morgan fingerprint density at radius 3 is 1.98 bits per heavy atom. The molecule has 2 amide bonds. The van der Waals surface area contributed by atoms with Gasteiger partial charge in [-0.15, -0.1) is 0 Å². The van der Waals surface area contributed by atoms with Gasteiger partial charge in [0.25, 0.3) is 10.0 Å². The van der Waals surface area contributed by atoms with Crippen LogP contribution < -0.4 is 9.62 Å². The maximum Gasteiger partial charge on any atom is 0.264 e. The summed E-state index contributed by atoms with van der Waals surface area (Å²) < 4.78 is 29.1. The molecule has 12 heteroatoms. The fourth-order valence-electron chi connectivity index (χ4n) is 4.76. The van der Waals surface area contributed by atoms with Crippen molar-refractivity contribution in [1.82, 2.24) is 10.2 Å². The predicted octanol–water partition coefficient (Wildman–Crippen LogP) is 8.05. The monoisotopic (exact) mass is 719 g/mol. The number of anilines is 1. The van der Waals surface area contributed by atoms with Crippen molar-refractivity contribution >= 4 is 73.9 Å². The molecule has 4 aromatic rings. The molecule has 2 atom stereocenters. The van der Waals surface area contributed by atoms with Crippen LogP contribution in [-0.2, 0) is 32.6 Å². The molecule has 0 saturated carbocycles. The molecule has 0 fully saturated rings. The molecule has 1 N–H and O–H groups in total. The zero-order chi connectivity index (χ0) is 33.4. The molecular weight excluding hydrogens is 688 g/mol. The third kappa shape index (κ3) is 9.17. The first-order valence-electron chi connectivity index (χ1n) is 14.5. The van der Waals surface area contributed by atoms with Gasteiger partial charge in [-0.3, -0.25) is 13.9 Å². The van der Waals surface area contributed by atoms with Gasteiger partial charge in [-0.1, -0.05) is 108 Å². The van der Waals surface area contributed by atoms with Crippen molar-refractivity contribution in [3.05, 3.63) is 128 Å². The van der Waals surface area contributed by atoms with Crippen LogP contribution in [0.2, 0.25) is 20.1 Å². The summed E-state index contributed by atoms with van der Waals surface area (Å²) in [5.74, 6) is -1.02. The van der Waals surface area contributed by atoms with E-state index < -0.39 is 28.5 Å². The first kappa shape index (κ1) is 35.6. The molecule has 242 valence electrons. The lowest BCUT2D eigenvalue weighted by atomic mass is 10.0. The van der Waals surface area contributed by atoms with Crippen LogP contribution in [0.3, 0.4) is 0 Å². The van der Waals surface area contributed by atoms with Crippen LogP contribution in [-0.4, -0.2) is 43.8 Å². The van der Waals surface area contributed by atoms with E-state index in [1.807, 2.05) is 44.2 Å². The molecule has 0 bridgehead atoms. The zero-order valence-corrected chi connectivity index (χ0v) is 29.0. The quantitative estimate of drug-likeness (QED) is 0.152. The predicted molar refractivity (Wildman–Crippen MR) is 186 cm³/mol. The van der Waals surface area contributed by atoms with Crippen molar-refractivity contribution in [2.24, 2.45) is 0 Å². The highest BCUT2D eigenvalue weighted by Crippen LogP contribution is 2.31. The Balaban J connectivity index is 1.84. The zero-order valence-electron chi connectivity index (χ0n) is 25.2. The van der Waals surface area contributed by atoms with E-state index >= 15 is 0 Å². The Morgan fingerprint density at radius 1 is 0.783 bits per heavy atom. The lowest BCUT2D eigenvalue weighted by Gasteiger charge is -2.34. The number of nitrogens with one attached hydrogen (secondary N) is 1. The van der Waals surface area contributed by atoms with Crippen LogP contribution in [0, 0.1) is 0 Å². The van der Waals surface area contributed by atoms with Crippen molar-refractivity contribution in [1.29, 1.82) is 0 Å². The van der Waals surface area contributed by atoms with E-state index in [-0.39, 0.29) is 50.6 Å². The largest absolute Gasteiger partial charge is 0.352 e. The third-order valence-electron chi connectivity index (χ3n) is 7.35. The highest BCUT2D eigenvalue weighted by molar-refractivity contribution is 7.92. The fourth-order valence-corrected chi connectivity index (χ4v) is 7.02. The van der Waals surface area contributed by atoms with Gasteiger partial charge in [0.05, 0.1) is 20.6 Å². The van der Waals surface area contributed by atoms with Crippen LogP contribution in [0.25, 0.3) is 0 Å². The number of hydrogen-bond donors (Lipinski definition) is 1. The van der Waals surface area contributed by atoms with Gasteiger partial charge in [-0.2, -0.15) is 0 Å². The normalized spacial score (nSPS) is 12.7. The van der Waals surface area contributed by atoms with E-state index in [4.69, 9.17) is 46.4 Å². The maximum absolute atomic E-state index is 14.5. The summed E-state index contributed by atoms with van der Waals surface area (Å²) >= 11 is 25.1. The second kappa shape index (κ2) is 16.0. The number of nitrogens with zero attached hydrogens (tertiary/aromatic N) is 2. The summed E-state index contributed by atoms with van der Waals surface area (Å²) in [6.45, 7) is 3.10. The first-order valence-corrected chi connectivity index (χ1v) is 17.5.